The van der Waals surface area contributed by atoms with Gasteiger partial charge in [-0.1, -0.05) is 11.6 Å². The second kappa shape index (κ2) is 5.33. The van der Waals surface area contributed by atoms with Gasteiger partial charge in [0.05, 0.1) is 12.4 Å². The quantitative estimate of drug-likeness (QED) is 0.828. The first kappa shape index (κ1) is 12.7. The van der Waals surface area contributed by atoms with Crippen LogP contribution in [0, 0.1) is 0 Å². The number of carbonyl (C=O) groups excluding carboxylic acids is 1. The van der Waals surface area contributed by atoms with Crippen LogP contribution in [0.15, 0.2) is 12.4 Å². The molecular weight excluding hydrogens is 264 g/mol. The number of aromatic nitrogens is 2. The molecule has 0 spiro atoms. The zero-order valence-corrected chi connectivity index (χ0v) is 11.5. The Hall–Kier alpha value is -1.36. The molecule has 0 aromatic carbocycles. The maximum absolute atomic E-state index is 11.7. The molecule has 5 nitrogen and oxygen atoms in total. The minimum Gasteiger partial charge on any atom is -0.355 e. The molecule has 19 heavy (non-hydrogen) atoms. The molecule has 102 valence electrons. The van der Waals surface area contributed by atoms with Crippen molar-refractivity contribution in [2.24, 2.45) is 0 Å². The molecule has 1 aromatic rings. The van der Waals surface area contributed by atoms with Gasteiger partial charge in [-0.3, -0.25) is 9.78 Å². The number of hydrogen-bond acceptors (Lipinski definition) is 4. The van der Waals surface area contributed by atoms with Crippen LogP contribution < -0.4 is 4.90 Å². The minimum atomic E-state index is 0.320. The highest BCUT2D eigenvalue weighted by Gasteiger charge is 2.30. The Kier molecular flexibility index (Phi) is 3.55. The van der Waals surface area contributed by atoms with E-state index < -0.39 is 0 Å². The maximum atomic E-state index is 11.7. The maximum Gasteiger partial charge on any atom is 0.222 e. The summed E-state index contributed by atoms with van der Waals surface area (Å²) in [4.78, 5) is 24.3. The molecule has 2 fully saturated rings. The van der Waals surface area contributed by atoms with Crippen molar-refractivity contribution in [1.29, 1.82) is 0 Å². The molecule has 0 aliphatic carbocycles. The van der Waals surface area contributed by atoms with Crippen LogP contribution in [0.5, 0.6) is 0 Å². The summed E-state index contributed by atoms with van der Waals surface area (Å²) in [5, 5.41) is 0.425. The molecule has 3 rings (SSSR count). The Morgan fingerprint density at radius 2 is 2.00 bits per heavy atom. The van der Waals surface area contributed by atoms with Gasteiger partial charge < -0.3 is 9.80 Å². The Labute approximate surface area is 117 Å². The fourth-order valence-electron chi connectivity index (χ4n) is 2.95. The zero-order chi connectivity index (χ0) is 13.2. The van der Waals surface area contributed by atoms with Crippen molar-refractivity contribution in [2.45, 2.75) is 31.7 Å². The molecule has 1 amide bonds. The number of hydrogen-bond donors (Lipinski definition) is 0. The largest absolute Gasteiger partial charge is 0.355 e. The molecular formula is C13H17ClN4O. The summed E-state index contributed by atoms with van der Waals surface area (Å²) in [6, 6.07) is 0.401. The number of anilines is 1. The molecule has 2 aliphatic heterocycles. The van der Waals surface area contributed by atoms with Crippen molar-refractivity contribution in [2.75, 3.05) is 24.5 Å². The van der Waals surface area contributed by atoms with Crippen LogP contribution in [0.2, 0.25) is 5.15 Å². The predicted octanol–water partition coefficient (Wildman–Crippen LogP) is 1.72. The van der Waals surface area contributed by atoms with Crippen molar-refractivity contribution in [3.05, 3.63) is 17.5 Å². The van der Waals surface area contributed by atoms with Crippen molar-refractivity contribution in [1.82, 2.24) is 14.9 Å². The zero-order valence-electron chi connectivity index (χ0n) is 10.8. The number of carbonyl (C=O) groups is 1. The van der Waals surface area contributed by atoms with Crippen LogP contribution in [0.4, 0.5) is 5.82 Å². The van der Waals surface area contributed by atoms with Gasteiger partial charge in [-0.2, -0.15) is 0 Å². The average Bonchev–Trinajstić information content (AvgIpc) is 2.85. The Morgan fingerprint density at radius 3 is 2.63 bits per heavy atom. The van der Waals surface area contributed by atoms with Gasteiger partial charge in [0.1, 0.15) is 11.0 Å². The molecule has 3 heterocycles. The van der Waals surface area contributed by atoms with Gasteiger partial charge in [-0.25, -0.2) is 4.98 Å². The second-order valence-corrected chi connectivity index (χ2v) is 5.50. The summed E-state index contributed by atoms with van der Waals surface area (Å²) in [7, 11) is 0. The highest BCUT2D eigenvalue weighted by molar-refractivity contribution is 6.29. The normalized spacial score (nSPS) is 21.2. The highest BCUT2D eigenvalue weighted by atomic mass is 35.5. The van der Waals surface area contributed by atoms with Gasteiger partial charge in [0, 0.05) is 32.1 Å². The fourth-order valence-corrected chi connectivity index (χ4v) is 3.09. The van der Waals surface area contributed by atoms with Crippen molar-refractivity contribution >= 4 is 23.3 Å². The number of nitrogens with zero attached hydrogens (tertiary/aromatic N) is 4. The highest BCUT2D eigenvalue weighted by Crippen LogP contribution is 2.24. The molecule has 0 saturated carbocycles. The van der Waals surface area contributed by atoms with Gasteiger partial charge in [-0.05, 0) is 19.3 Å². The predicted molar refractivity (Wildman–Crippen MR) is 73.2 cm³/mol. The second-order valence-electron chi connectivity index (χ2n) is 5.11. The van der Waals surface area contributed by atoms with Crippen molar-refractivity contribution in [3.63, 3.8) is 0 Å². The standard InChI is InChI=1S/C13H17ClN4O/c14-11-8-15-9-12(16-11)17-6-3-10(4-7-17)18-5-1-2-13(18)19/h8-10H,1-7H2. The van der Waals surface area contributed by atoms with Crippen LogP contribution >= 0.6 is 11.6 Å². The van der Waals surface area contributed by atoms with Crippen LogP contribution in [-0.2, 0) is 4.79 Å². The summed E-state index contributed by atoms with van der Waals surface area (Å²) in [5.74, 6) is 1.15. The molecule has 0 radical (unpaired) electrons. The van der Waals surface area contributed by atoms with Gasteiger partial charge in [0.15, 0.2) is 0 Å². The van der Waals surface area contributed by atoms with Crippen molar-refractivity contribution < 1.29 is 4.79 Å². The summed E-state index contributed by atoms with van der Waals surface area (Å²) in [6.45, 7) is 2.74. The van der Waals surface area contributed by atoms with Crippen LogP contribution in [0.3, 0.4) is 0 Å². The number of rotatable bonds is 2. The lowest BCUT2D eigenvalue weighted by molar-refractivity contribution is -0.130. The van der Waals surface area contributed by atoms with E-state index in [1.165, 1.54) is 0 Å². The average molecular weight is 281 g/mol. The number of likely N-dealkylation sites (tertiary alicyclic amines) is 1. The smallest absolute Gasteiger partial charge is 0.222 e. The summed E-state index contributed by atoms with van der Waals surface area (Å²) < 4.78 is 0. The van der Waals surface area contributed by atoms with Gasteiger partial charge in [0.2, 0.25) is 5.91 Å². The third kappa shape index (κ3) is 2.66. The van der Waals surface area contributed by atoms with Crippen LogP contribution in [-0.4, -0.2) is 46.5 Å². The van der Waals surface area contributed by atoms with Gasteiger partial charge in [-0.15, -0.1) is 0 Å². The van der Waals surface area contributed by atoms with Crippen LogP contribution in [0.25, 0.3) is 0 Å². The molecule has 2 aliphatic rings. The molecule has 1 aromatic heterocycles. The molecule has 0 N–H and O–H groups in total. The first-order valence-corrected chi connectivity index (χ1v) is 7.14. The monoisotopic (exact) mass is 280 g/mol. The first-order chi connectivity index (χ1) is 9.24. The SMILES string of the molecule is O=C1CCCN1C1CCN(c2cncc(Cl)n2)CC1. The minimum absolute atomic E-state index is 0.320. The van der Waals surface area contributed by atoms with Gasteiger partial charge in [0.25, 0.3) is 0 Å². The molecule has 0 atom stereocenters. The Morgan fingerprint density at radius 1 is 1.21 bits per heavy atom. The first-order valence-electron chi connectivity index (χ1n) is 6.76. The molecule has 6 heteroatoms. The van der Waals surface area contributed by atoms with Crippen LogP contribution in [0.1, 0.15) is 25.7 Å². The lowest BCUT2D eigenvalue weighted by atomic mass is 10.0. The van der Waals surface area contributed by atoms with E-state index in [0.29, 0.717) is 17.1 Å². The summed E-state index contributed by atoms with van der Waals surface area (Å²) >= 11 is 5.86. The van der Waals surface area contributed by atoms with E-state index in [0.717, 1.165) is 51.1 Å². The lowest BCUT2D eigenvalue weighted by Gasteiger charge is -2.37. The topological polar surface area (TPSA) is 49.3 Å². The summed E-state index contributed by atoms with van der Waals surface area (Å²) in [5.41, 5.74) is 0. The number of amides is 1. The number of halogens is 1. The third-order valence-electron chi connectivity index (χ3n) is 3.93. The Balaban J connectivity index is 1.61. The van der Waals surface area contributed by atoms with E-state index in [-0.39, 0.29) is 0 Å². The van der Waals surface area contributed by atoms with E-state index in [1.54, 1.807) is 12.4 Å². The van der Waals surface area contributed by atoms with Gasteiger partial charge >= 0.3 is 0 Å². The lowest BCUT2D eigenvalue weighted by Crippen LogP contribution is -2.45. The van der Waals surface area contributed by atoms with E-state index in [2.05, 4.69) is 19.8 Å². The third-order valence-corrected chi connectivity index (χ3v) is 4.11. The molecule has 0 unspecified atom stereocenters. The van der Waals surface area contributed by atoms with Crippen molar-refractivity contribution in [3.8, 4) is 0 Å². The molecule has 0 bridgehead atoms. The summed E-state index contributed by atoms with van der Waals surface area (Å²) in [6.07, 6.45) is 7.02. The van der Waals surface area contributed by atoms with E-state index in [4.69, 9.17) is 11.6 Å². The van der Waals surface area contributed by atoms with E-state index in [1.807, 2.05) is 0 Å². The number of piperidine rings is 1. The Bertz CT molecular complexity index is 473. The fraction of sp³-hybridized carbons (Fsp3) is 0.615. The molecule has 2 saturated heterocycles. The van der Waals surface area contributed by atoms with E-state index >= 15 is 0 Å². The van der Waals surface area contributed by atoms with E-state index in [9.17, 15) is 4.79 Å².